The zero-order valence-electron chi connectivity index (χ0n) is 16.6. The largest absolute Gasteiger partial charge is 0.496 e. The fraction of sp³-hybridized carbons (Fsp3) is 0.200. The first-order chi connectivity index (χ1) is 14.9. The molecular weight excluding hydrogens is 447 g/mol. The molecule has 0 aliphatic heterocycles. The molecule has 0 unspecified atom stereocenters. The number of nitrogens with zero attached hydrogens (tertiary/aromatic N) is 2. The molecule has 1 heterocycles. The lowest BCUT2D eigenvalue weighted by Crippen LogP contribution is -2.35. The molecule has 2 amide bonds. The van der Waals surface area contributed by atoms with E-state index in [1.165, 1.54) is 20.3 Å². The minimum absolute atomic E-state index is 0.131. The average molecular weight is 465 g/mol. The normalized spacial score (nSPS) is 10.5. The Morgan fingerprint density at radius 2 is 1.55 bits per heavy atom. The zero-order valence-corrected chi connectivity index (χ0v) is 18.1. The molecule has 0 spiro atoms. The van der Waals surface area contributed by atoms with Gasteiger partial charge in [0.15, 0.2) is 0 Å². The molecule has 9 nitrogen and oxygen atoms in total. The summed E-state index contributed by atoms with van der Waals surface area (Å²) in [6.07, 6.45) is 0. The van der Waals surface area contributed by atoms with Gasteiger partial charge in [-0.2, -0.15) is 4.98 Å². The van der Waals surface area contributed by atoms with Crippen molar-refractivity contribution >= 4 is 35.0 Å². The van der Waals surface area contributed by atoms with Crippen LogP contribution < -0.4 is 20.1 Å². The lowest BCUT2D eigenvalue weighted by molar-refractivity contribution is 0.0897. The lowest BCUT2D eigenvalue weighted by atomic mass is 10.2. The molecule has 0 aliphatic carbocycles. The van der Waals surface area contributed by atoms with Gasteiger partial charge >= 0.3 is 11.8 Å². The summed E-state index contributed by atoms with van der Waals surface area (Å²) in [6.45, 7) is 0.287. The Kier molecular flexibility index (Phi) is 7.32. The van der Waals surface area contributed by atoms with E-state index in [0.29, 0.717) is 32.7 Å². The molecule has 2 N–H and O–H groups in total. The molecule has 3 rings (SSSR count). The highest BCUT2D eigenvalue weighted by molar-refractivity contribution is 6.31. The third kappa shape index (κ3) is 5.44. The van der Waals surface area contributed by atoms with Gasteiger partial charge in [0.25, 0.3) is 5.91 Å². The van der Waals surface area contributed by atoms with Crippen LogP contribution in [0.5, 0.6) is 11.5 Å². The Hall–Kier alpha value is -3.30. The molecule has 0 atom stereocenters. The lowest BCUT2D eigenvalue weighted by Gasteiger charge is -2.10. The molecule has 2 aromatic carbocycles. The molecule has 0 saturated carbocycles. The maximum Gasteiger partial charge on any atom is 0.316 e. The van der Waals surface area contributed by atoms with Crippen LogP contribution in [0.3, 0.4) is 0 Å². The molecule has 0 fully saturated rings. The monoisotopic (exact) mass is 464 g/mol. The van der Waals surface area contributed by atoms with Gasteiger partial charge in [-0.15, -0.1) is 0 Å². The fourth-order valence-electron chi connectivity index (χ4n) is 2.66. The number of methoxy groups -OCH3 is 2. The van der Waals surface area contributed by atoms with Crippen molar-refractivity contribution in [2.24, 2.45) is 0 Å². The van der Waals surface area contributed by atoms with E-state index in [-0.39, 0.29) is 30.7 Å². The second kappa shape index (κ2) is 10.1. The Bertz CT molecular complexity index is 1100. The molecule has 1 aromatic heterocycles. The maximum absolute atomic E-state index is 12.3. The van der Waals surface area contributed by atoms with Gasteiger partial charge in [0.2, 0.25) is 5.82 Å². The molecule has 0 aliphatic rings. The van der Waals surface area contributed by atoms with Crippen LogP contribution in [-0.4, -0.2) is 49.3 Å². The third-order valence-electron chi connectivity index (χ3n) is 4.12. The predicted octanol–water partition coefficient (Wildman–Crippen LogP) is 3.22. The second-order valence-corrected chi connectivity index (χ2v) is 7.00. The van der Waals surface area contributed by atoms with Gasteiger partial charge in [-0.05, 0) is 36.4 Å². The van der Waals surface area contributed by atoms with Gasteiger partial charge in [-0.1, -0.05) is 28.4 Å². The van der Waals surface area contributed by atoms with Gasteiger partial charge in [-0.25, -0.2) is 0 Å². The van der Waals surface area contributed by atoms with Crippen LogP contribution in [0.15, 0.2) is 40.9 Å². The van der Waals surface area contributed by atoms with Gasteiger partial charge in [0.05, 0.1) is 25.3 Å². The van der Waals surface area contributed by atoms with E-state index in [0.717, 1.165) is 0 Å². The molecular formula is C20H18Cl2N4O5. The first-order valence-electron chi connectivity index (χ1n) is 9.00. The Labute approximate surface area is 187 Å². The number of rotatable bonds is 8. The summed E-state index contributed by atoms with van der Waals surface area (Å²) in [5.41, 5.74) is 0.777. The molecule has 162 valence electrons. The number of halogens is 2. The van der Waals surface area contributed by atoms with Crippen molar-refractivity contribution < 1.29 is 23.6 Å². The zero-order chi connectivity index (χ0) is 22.4. The second-order valence-electron chi connectivity index (χ2n) is 6.12. The number of hydrogen-bond acceptors (Lipinski definition) is 7. The van der Waals surface area contributed by atoms with Crippen LogP contribution >= 0.6 is 23.2 Å². The van der Waals surface area contributed by atoms with Gasteiger partial charge < -0.3 is 24.6 Å². The summed E-state index contributed by atoms with van der Waals surface area (Å²) in [5, 5.41) is 9.92. The van der Waals surface area contributed by atoms with Gasteiger partial charge in [-0.3, -0.25) is 9.59 Å². The minimum atomic E-state index is -0.589. The van der Waals surface area contributed by atoms with Crippen LogP contribution in [0.2, 0.25) is 10.0 Å². The Morgan fingerprint density at radius 1 is 0.935 bits per heavy atom. The van der Waals surface area contributed by atoms with Crippen molar-refractivity contribution in [2.45, 2.75) is 0 Å². The average Bonchev–Trinajstić information content (AvgIpc) is 3.26. The van der Waals surface area contributed by atoms with Crippen molar-refractivity contribution in [3.8, 4) is 22.9 Å². The fourth-order valence-corrected chi connectivity index (χ4v) is 3.00. The van der Waals surface area contributed by atoms with E-state index >= 15 is 0 Å². The maximum atomic E-state index is 12.3. The summed E-state index contributed by atoms with van der Waals surface area (Å²) >= 11 is 11.9. The van der Waals surface area contributed by atoms with E-state index in [1.54, 1.807) is 30.3 Å². The van der Waals surface area contributed by atoms with Crippen LogP contribution in [0, 0.1) is 0 Å². The summed E-state index contributed by atoms with van der Waals surface area (Å²) in [4.78, 5) is 28.6. The number of ether oxygens (including phenoxy) is 2. The SMILES string of the molecule is COc1ccc(Cl)cc1C(=O)NCCNC(=O)c1nc(-c2cc(Cl)ccc2OC)no1. The highest BCUT2D eigenvalue weighted by atomic mass is 35.5. The molecule has 11 heteroatoms. The van der Waals surface area contributed by atoms with Crippen LogP contribution in [-0.2, 0) is 0 Å². The number of carbonyl (C=O) groups excluding carboxylic acids is 2. The third-order valence-corrected chi connectivity index (χ3v) is 4.60. The minimum Gasteiger partial charge on any atom is -0.496 e. The van der Waals surface area contributed by atoms with Gasteiger partial charge in [0, 0.05) is 23.1 Å². The summed E-state index contributed by atoms with van der Waals surface area (Å²) < 4.78 is 15.4. The van der Waals surface area contributed by atoms with Crippen molar-refractivity contribution in [2.75, 3.05) is 27.3 Å². The van der Waals surface area contributed by atoms with E-state index in [1.807, 2.05) is 0 Å². The summed E-state index contributed by atoms with van der Waals surface area (Å²) in [7, 11) is 2.95. The Morgan fingerprint density at radius 3 is 2.23 bits per heavy atom. The number of amides is 2. The summed E-state index contributed by atoms with van der Waals surface area (Å²) in [6, 6.07) is 9.64. The van der Waals surface area contributed by atoms with Crippen molar-refractivity contribution in [1.29, 1.82) is 0 Å². The van der Waals surface area contributed by atoms with E-state index in [2.05, 4.69) is 20.8 Å². The molecule has 0 radical (unpaired) electrons. The number of nitrogens with one attached hydrogen (secondary N) is 2. The van der Waals surface area contributed by atoms with Crippen molar-refractivity contribution in [3.63, 3.8) is 0 Å². The van der Waals surface area contributed by atoms with Crippen molar-refractivity contribution in [1.82, 2.24) is 20.8 Å². The topological polar surface area (TPSA) is 116 Å². The number of carbonyl (C=O) groups is 2. The summed E-state index contributed by atoms with van der Waals surface area (Å²) in [5.74, 6) is -0.182. The highest BCUT2D eigenvalue weighted by Crippen LogP contribution is 2.30. The van der Waals surface area contributed by atoms with Crippen molar-refractivity contribution in [3.05, 3.63) is 57.9 Å². The quantitative estimate of drug-likeness (QED) is 0.491. The van der Waals surface area contributed by atoms with Crippen LogP contribution in [0.1, 0.15) is 21.0 Å². The van der Waals surface area contributed by atoms with E-state index in [9.17, 15) is 9.59 Å². The van der Waals surface area contributed by atoms with E-state index in [4.69, 9.17) is 37.2 Å². The first-order valence-corrected chi connectivity index (χ1v) is 9.76. The number of hydrogen-bond donors (Lipinski definition) is 2. The number of aromatic nitrogens is 2. The van der Waals surface area contributed by atoms with Crippen LogP contribution in [0.25, 0.3) is 11.4 Å². The molecule has 0 bridgehead atoms. The van der Waals surface area contributed by atoms with Crippen LogP contribution in [0.4, 0.5) is 0 Å². The predicted molar refractivity (Wildman–Crippen MR) is 114 cm³/mol. The number of benzene rings is 2. The molecule has 31 heavy (non-hydrogen) atoms. The highest BCUT2D eigenvalue weighted by Gasteiger charge is 2.19. The molecule has 3 aromatic rings. The first kappa shape index (κ1) is 22.4. The van der Waals surface area contributed by atoms with Gasteiger partial charge in [0.1, 0.15) is 11.5 Å². The Balaban J connectivity index is 1.56. The molecule has 0 saturated heterocycles. The van der Waals surface area contributed by atoms with E-state index < -0.39 is 5.91 Å². The smallest absolute Gasteiger partial charge is 0.316 e. The standard InChI is InChI=1S/C20H18Cl2N4O5/c1-29-15-5-3-11(21)9-13(15)17-25-20(31-26-17)19(28)24-8-7-23-18(27)14-10-12(22)4-6-16(14)30-2/h3-6,9-10H,7-8H2,1-2H3,(H,23,27)(H,24,28).